The molecule has 0 aliphatic carbocycles. The molecule has 2 saturated heterocycles. The number of benzene rings is 2. The Kier molecular flexibility index (Phi) is 19.5. The van der Waals surface area contributed by atoms with E-state index in [9.17, 15) is 43.5 Å². The van der Waals surface area contributed by atoms with E-state index in [1.807, 2.05) is 46.8 Å². The molecule has 17 nitrogen and oxygen atoms in total. The van der Waals surface area contributed by atoms with E-state index < -0.39 is 102 Å². The molecule has 9 atom stereocenters. The number of rotatable bonds is 22. The molecule has 2 aromatic rings. The van der Waals surface area contributed by atoms with Crippen LogP contribution in [0.2, 0.25) is 0 Å². The van der Waals surface area contributed by atoms with Crippen molar-refractivity contribution >= 4 is 47.3 Å². The van der Waals surface area contributed by atoms with E-state index in [-0.39, 0.29) is 37.8 Å². The van der Waals surface area contributed by atoms with Gasteiger partial charge < -0.3 is 47.2 Å². The van der Waals surface area contributed by atoms with Gasteiger partial charge in [-0.05, 0) is 67.9 Å². The average Bonchev–Trinajstić information content (AvgIpc) is 3.98. The van der Waals surface area contributed by atoms with Crippen LogP contribution in [0.25, 0.3) is 0 Å². The van der Waals surface area contributed by atoms with Crippen LogP contribution in [-0.2, 0) is 51.2 Å². The van der Waals surface area contributed by atoms with Gasteiger partial charge in [-0.15, -0.1) is 0 Å². The Labute approximate surface area is 382 Å². The summed E-state index contributed by atoms with van der Waals surface area (Å²) in [5, 5.41) is 23.7. The van der Waals surface area contributed by atoms with E-state index >= 15 is 0 Å². The Hall–Kier alpha value is -5.84. The van der Waals surface area contributed by atoms with E-state index in [1.54, 1.807) is 55.5 Å². The summed E-state index contributed by atoms with van der Waals surface area (Å²) in [5.74, 6) is -5.56. The molecule has 2 aliphatic heterocycles. The lowest BCUT2D eigenvalue weighted by atomic mass is 9.96. The number of hydrogen-bond donors (Lipinski definition) is 7. The molecule has 65 heavy (non-hydrogen) atoms. The minimum Gasteiger partial charge on any atom is -0.480 e. The number of carboxylic acids is 1. The quantitative estimate of drug-likeness (QED) is 0.0907. The van der Waals surface area contributed by atoms with Gasteiger partial charge in [0, 0.05) is 25.9 Å². The van der Waals surface area contributed by atoms with E-state index in [2.05, 4.69) is 26.6 Å². The molecule has 0 bridgehead atoms. The maximum absolute atomic E-state index is 14.4. The Morgan fingerprint density at radius 1 is 0.631 bits per heavy atom. The minimum atomic E-state index is -1.22. The molecule has 0 aromatic heterocycles. The van der Waals surface area contributed by atoms with Gasteiger partial charge in [-0.25, -0.2) is 4.79 Å². The standard InChI is InChI=1S/C48H70N8O9/c1-8-30(6)40(47(63)56-24-16-22-38(56)44(60)53-36(48(64)65)27-33-19-13-10-14-20-33)54-42(58)34(26-32-17-11-9-12-18-32)51-41(57)31(7)50-43(59)37-21-15-23-55(37)46(62)35(25-28(2)3)52-45(61)39(49)29(4)5/h9-14,17-20,28-31,34-40H,8,15-16,21-27,49H2,1-7H3,(H,50,59)(H,51,57)(H,52,61)(H,53,60)(H,54,58)(H,64,65)/t30-,31-,34-,35-,36-,37-,38-,39-,40-/m0/s1. The molecule has 4 rings (SSSR count). The molecule has 0 radical (unpaired) electrons. The molecule has 0 spiro atoms. The summed E-state index contributed by atoms with van der Waals surface area (Å²) in [6.45, 7) is 13.1. The zero-order chi connectivity index (χ0) is 48.0. The number of nitrogens with one attached hydrogen (secondary N) is 5. The lowest BCUT2D eigenvalue weighted by Crippen LogP contribution is -2.60. The number of hydrogen-bond acceptors (Lipinski definition) is 9. The number of nitrogens with two attached hydrogens (primary N) is 1. The molecule has 2 aromatic carbocycles. The summed E-state index contributed by atoms with van der Waals surface area (Å²) in [5.41, 5.74) is 7.51. The molecule has 2 aliphatic rings. The number of amides is 7. The number of likely N-dealkylation sites (tertiary alicyclic amines) is 2. The SMILES string of the molecule is CC[C@H](C)[C@H](NC(=O)[C@H](Cc1ccccc1)NC(=O)[C@H](C)NC(=O)[C@@H]1CCCN1C(=O)[C@H](CC(C)C)NC(=O)[C@@H](N)C(C)C)C(=O)N1CCC[C@H]1C(=O)N[C@@H](Cc1ccccc1)C(=O)O. The van der Waals surface area contributed by atoms with Gasteiger partial charge >= 0.3 is 5.97 Å². The van der Waals surface area contributed by atoms with Gasteiger partial charge in [0.05, 0.1) is 6.04 Å². The first-order valence-electron chi connectivity index (χ1n) is 23.0. The summed E-state index contributed by atoms with van der Waals surface area (Å²) in [6.07, 6.45) is 2.59. The van der Waals surface area contributed by atoms with Crippen molar-refractivity contribution in [3.05, 3.63) is 71.8 Å². The average molecular weight is 903 g/mol. The molecule has 2 heterocycles. The molecule has 2 fully saturated rings. The second-order valence-electron chi connectivity index (χ2n) is 18.3. The molecule has 356 valence electrons. The van der Waals surface area contributed by atoms with E-state index in [4.69, 9.17) is 5.73 Å². The van der Waals surface area contributed by atoms with Gasteiger partial charge in [0.2, 0.25) is 41.4 Å². The highest BCUT2D eigenvalue weighted by atomic mass is 16.4. The zero-order valence-electron chi connectivity index (χ0n) is 38.9. The highest BCUT2D eigenvalue weighted by molar-refractivity contribution is 5.98. The van der Waals surface area contributed by atoms with Crippen molar-refractivity contribution in [2.75, 3.05) is 13.1 Å². The number of carbonyl (C=O) groups is 8. The van der Waals surface area contributed by atoms with Crippen molar-refractivity contribution in [1.82, 2.24) is 36.4 Å². The molecular weight excluding hydrogens is 833 g/mol. The van der Waals surface area contributed by atoms with Gasteiger partial charge in [0.15, 0.2) is 0 Å². The molecule has 17 heteroatoms. The van der Waals surface area contributed by atoms with E-state index in [1.165, 1.54) is 16.7 Å². The maximum Gasteiger partial charge on any atom is 0.326 e. The summed E-state index contributed by atoms with van der Waals surface area (Å²) < 4.78 is 0. The van der Waals surface area contributed by atoms with Crippen molar-refractivity contribution in [3.8, 4) is 0 Å². The first-order chi connectivity index (χ1) is 30.8. The van der Waals surface area contributed by atoms with Gasteiger partial charge in [0.1, 0.15) is 42.3 Å². The first kappa shape index (κ1) is 51.8. The van der Waals surface area contributed by atoms with Crippen molar-refractivity contribution in [3.63, 3.8) is 0 Å². The Bertz CT molecular complexity index is 1970. The molecule has 0 unspecified atom stereocenters. The first-order valence-corrected chi connectivity index (χ1v) is 23.0. The molecule has 7 amide bonds. The van der Waals surface area contributed by atoms with Crippen LogP contribution in [0.4, 0.5) is 0 Å². The summed E-state index contributed by atoms with van der Waals surface area (Å²) in [6, 6.07) is 9.65. The van der Waals surface area contributed by atoms with Crippen molar-refractivity contribution in [2.24, 2.45) is 23.5 Å². The largest absolute Gasteiger partial charge is 0.480 e. The summed E-state index contributed by atoms with van der Waals surface area (Å²) >= 11 is 0. The number of carboxylic acid groups (broad SMARTS) is 1. The van der Waals surface area contributed by atoms with Gasteiger partial charge in [-0.3, -0.25) is 33.6 Å². The fraction of sp³-hybridized carbons (Fsp3) is 0.583. The van der Waals surface area contributed by atoms with Crippen LogP contribution >= 0.6 is 0 Å². The van der Waals surface area contributed by atoms with Gasteiger partial charge in [-0.1, -0.05) is 109 Å². The number of nitrogens with zero attached hydrogens (tertiary/aromatic N) is 2. The highest BCUT2D eigenvalue weighted by Crippen LogP contribution is 2.23. The topological polar surface area (TPSA) is 249 Å². The number of carbonyl (C=O) groups excluding carboxylic acids is 7. The Morgan fingerprint density at radius 3 is 1.62 bits per heavy atom. The predicted octanol–water partition coefficient (Wildman–Crippen LogP) is 2.06. The molecule has 0 saturated carbocycles. The lowest BCUT2D eigenvalue weighted by Gasteiger charge is -2.33. The van der Waals surface area contributed by atoms with Crippen LogP contribution in [0.3, 0.4) is 0 Å². The van der Waals surface area contributed by atoms with Crippen LogP contribution in [-0.4, -0.2) is 124 Å². The van der Waals surface area contributed by atoms with Crippen molar-refractivity contribution in [1.29, 1.82) is 0 Å². The van der Waals surface area contributed by atoms with Crippen LogP contribution in [0.1, 0.15) is 98.1 Å². The van der Waals surface area contributed by atoms with Gasteiger partial charge in [-0.2, -0.15) is 0 Å². The minimum absolute atomic E-state index is 0.0432. The van der Waals surface area contributed by atoms with Crippen LogP contribution in [0, 0.1) is 17.8 Å². The molecule has 8 N–H and O–H groups in total. The molecular formula is C48H70N8O9. The smallest absolute Gasteiger partial charge is 0.326 e. The maximum atomic E-state index is 14.4. The summed E-state index contributed by atoms with van der Waals surface area (Å²) in [7, 11) is 0. The normalized spacial score (nSPS) is 19.3. The fourth-order valence-corrected chi connectivity index (χ4v) is 8.23. The van der Waals surface area contributed by atoms with Crippen molar-refractivity contribution in [2.45, 2.75) is 148 Å². The third-order valence-corrected chi connectivity index (χ3v) is 12.4. The van der Waals surface area contributed by atoms with E-state index in [0.717, 1.165) is 5.56 Å². The fourth-order valence-electron chi connectivity index (χ4n) is 8.23. The van der Waals surface area contributed by atoms with Crippen LogP contribution in [0.5, 0.6) is 0 Å². The van der Waals surface area contributed by atoms with Crippen molar-refractivity contribution < 1.29 is 43.5 Å². The lowest BCUT2D eigenvalue weighted by molar-refractivity contribution is -0.145. The Morgan fingerprint density at radius 2 is 1.12 bits per heavy atom. The van der Waals surface area contributed by atoms with Crippen LogP contribution < -0.4 is 32.3 Å². The third-order valence-electron chi connectivity index (χ3n) is 12.4. The van der Waals surface area contributed by atoms with Gasteiger partial charge in [0.25, 0.3) is 0 Å². The zero-order valence-corrected chi connectivity index (χ0v) is 38.9. The Balaban J connectivity index is 1.47. The van der Waals surface area contributed by atoms with E-state index in [0.29, 0.717) is 44.1 Å². The predicted molar refractivity (Wildman–Crippen MR) is 244 cm³/mol. The highest BCUT2D eigenvalue weighted by Gasteiger charge is 2.42. The second-order valence-corrected chi connectivity index (χ2v) is 18.3. The summed E-state index contributed by atoms with van der Waals surface area (Å²) in [4.78, 5) is 112. The monoisotopic (exact) mass is 903 g/mol. The van der Waals surface area contributed by atoms with Crippen LogP contribution in [0.15, 0.2) is 60.7 Å². The number of aliphatic carboxylic acids is 1. The second kappa shape index (κ2) is 24.4. The third kappa shape index (κ3) is 14.6.